The van der Waals surface area contributed by atoms with Crippen molar-refractivity contribution in [2.24, 2.45) is 45.3 Å². The monoisotopic (exact) mass is 1040 g/mol. The van der Waals surface area contributed by atoms with E-state index in [2.05, 4.69) is 6.92 Å². The molecule has 4 rings (SSSR count). The summed E-state index contributed by atoms with van der Waals surface area (Å²) >= 11 is 0. The maximum absolute atomic E-state index is 13.1. The van der Waals surface area contributed by atoms with Crippen LogP contribution in [0, 0.1) is 45.3 Å². The van der Waals surface area contributed by atoms with E-state index in [0.717, 1.165) is 50.7 Å². The third-order valence-corrected chi connectivity index (χ3v) is 16.3. The van der Waals surface area contributed by atoms with Gasteiger partial charge in [-0.3, -0.25) is 4.79 Å². The third kappa shape index (κ3) is 15.3. The molecule has 0 amide bonds. The lowest BCUT2D eigenvalue weighted by Crippen LogP contribution is -2.55. The molecule has 0 bridgehead atoms. The van der Waals surface area contributed by atoms with Gasteiger partial charge < -0.3 is 25.5 Å². The molecule has 0 aromatic heterocycles. The van der Waals surface area contributed by atoms with Gasteiger partial charge in [0, 0.05) is 12.3 Å². The van der Waals surface area contributed by atoms with E-state index in [1.807, 2.05) is 27.4 Å². The average Bonchev–Trinajstić information content (AvgIpc) is 3.71. The Morgan fingerprint density at radius 1 is 0.609 bits per heavy atom. The molecule has 10 atom stereocenters. The van der Waals surface area contributed by atoms with E-state index in [-0.39, 0.29) is 72.7 Å². The van der Waals surface area contributed by atoms with E-state index in [0.29, 0.717) is 73.4 Å². The number of halogens is 12. The van der Waals surface area contributed by atoms with Crippen molar-refractivity contribution in [2.45, 2.75) is 232 Å². The van der Waals surface area contributed by atoms with Crippen LogP contribution in [0.25, 0.3) is 0 Å². The Hall–Kier alpha value is -1.46. The average molecular weight is 1040 g/mol. The predicted molar refractivity (Wildman–Crippen MR) is 248 cm³/mol. The predicted octanol–water partition coefficient (Wildman–Crippen LogP) is 14.0. The fourth-order valence-corrected chi connectivity index (χ4v) is 12.8. The maximum atomic E-state index is 13.1. The molecular formula is C50H83F12O6P. The maximum Gasteiger partial charge on any atom is 0.429 e. The highest BCUT2D eigenvalue weighted by molar-refractivity contribution is 7.15. The number of fused-ring (bicyclic) bond motifs is 2. The van der Waals surface area contributed by atoms with Crippen molar-refractivity contribution in [1.82, 2.24) is 0 Å². The van der Waals surface area contributed by atoms with Crippen LogP contribution in [0.2, 0.25) is 0 Å². The smallest absolute Gasteiger partial charge is 0.393 e. The first-order valence-electron chi connectivity index (χ1n) is 24.3. The van der Waals surface area contributed by atoms with Crippen molar-refractivity contribution in [3.05, 3.63) is 24.3 Å². The SMILES string of the molecule is C.CC(C)(O)CCCC(C)(C/C=C\C(O)(C(F)(F)F)C(F)(F)F)[C@H]1CCC2C(=O)CCC[C@@]21C.CC(C)(O)CCCC(C)(C/C=C\C(O)(C(F)(F)F)C(F)(F)F)[C@H]1CCC2[C@@H](O)CCC[C@@]21C.[2H]PC. The molecular weight excluding hydrogens is 955 g/mol. The lowest BCUT2D eigenvalue weighted by Gasteiger charge is -2.50. The second-order valence-electron chi connectivity index (χ2n) is 22.6. The van der Waals surface area contributed by atoms with E-state index in [9.17, 15) is 83.0 Å². The van der Waals surface area contributed by atoms with Crippen LogP contribution in [0.4, 0.5) is 52.7 Å². The summed E-state index contributed by atoms with van der Waals surface area (Å²) in [6, 6.07) is 0. The molecule has 6 nitrogen and oxygen atoms in total. The van der Waals surface area contributed by atoms with Crippen molar-refractivity contribution in [3.63, 3.8) is 0 Å². The lowest BCUT2D eigenvalue weighted by atomic mass is 9.56. The van der Waals surface area contributed by atoms with Gasteiger partial charge in [0.05, 0.1) is 18.6 Å². The summed E-state index contributed by atoms with van der Waals surface area (Å²) in [5.74, 6) is 0.00762. The molecule has 5 N–H and O–H groups in total. The number of Topliss-reactive ketones (excluding diaryl/α,β-unsaturated/α-hetero) is 1. The number of aliphatic hydroxyl groups is 5. The number of hydrogen-bond donors (Lipinski definition) is 5. The van der Waals surface area contributed by atoms with Crippen LogP contribution in [0.5, 0.6) is 0 Å². The molecule has 0 aromatic carbocycles. The highest BCUT2D eigenvalue weighted by Crippen LogP contribution is 2.64. The number of rotatable bonds is 16. The molecule has 0 radical (unpaired) electrons. The lowest BCUT2D eigenvalue weighted by molar-refractivity contribution is -0.348. The quantitative estimate of drug-likeness (QED) is 0.0597. The topological polar surface area (TPSA) is 118 Å². The van der Waals surface area contributed by atoms with Crippen LogP contribution in [0.15, 0.2) is 24.3 Å². The Morgan fingerprint density at radius 3 is 1.35 bits per heavy atom. The van der Waals surface area contributed by atoms with Crippen molar-refractivity contribution >= 4 is 15.0 Å². The van der Waals surface area contributed by atoms with E-state index in [4.69, 9.17) is 1.28 Å². The first kappa shape index (κ1) is 63.7. The van der Waals surface area contributed by atoms with Crippen molar-refractivity contribution in [3.8, 4) is 0 Å². The summed E-state index contributed by atoms with van der Waals surface area (Å²) in [6.45, 7) is 16.2. The first-order chi connectivity index (χ1) is 31.0. The van der Waals surface area contributed by atoms with E-state index >= 15 is 0 Å². The highest BCUT2D eigenvalue weighted by atomic mass is 31.0. The van der Waals surface area contributed by atoms with Crippen LogP contribution in [-0.2, 0) is 4.79 Å². The van der Waals surface area contributed by atoms with Gasteiger partial charge in [-0.05, 0) is 169 Å². The zero-order valence-corrected chi connectivity index (χ0v) is 42.1. The van der Waals surface area contributed by atoms with Crippen molar-refractivity contribution in [2.75, 3.05) is 6.66 Å². The van der Waals surface area contributed by atoms with E-state index < -0.39 is 64.0 Å². The number of carbonyl (C=O) groups excluding carboxylic acids is 1. The van der Waals surface area contributed by atoms with Gasteiger partial charge in [0.25, 0.3) is 11.2 Å². The van der Waals surface area contributed by atoms with Gasteiger partial charge in [-0.25, -0.2) is 0 Å². The molecule has 4 fully saturated rings. The number of allylic oxidation sites excluding steroid dienone is 2. The van der Waals surface area contributed by atoms with Crippen LogP contribution < -0.4 is 0 Å². The minimum absolute atomic E-state index is 0. The van der Waals surface area contributed by atoms with Crippen molar-refractivity contribution in [1.29, 1.82) is 1.28 Å². The summed E-state index contributed by atoms with van der Waals surface area (Å²) in [5, 5.41) is 49.7. The number of ketones is 1. The number of carbonyl (C=O) groups is 1. The molecule has 69 heavy (non-hydrogen) atoms. The van der Waals surface area contributed by atoms with Gasteiger partial charge in [0.2, 0.25) is 0 Å². The van der Waals surface area contributed by atoms with E-state index in [1.54, 1.807) is 27.7 Å². The van der Waals surface area contributed by atoms with Crippen LogP contribution >= 0.6 is 9.18 Å². The Morgan fingerprint density at radius 2 is 0.971 bits per heavy atom. The van der Waals surface area contributed by atoms with Gasteiger partial charge in [0.15, 0.2) is 0 Å². The molecule has 0 aromatic rings. The molecule has 4 saturated carbocycles. The Kier molecular flexibility index (Phi) is 21.6. The largest absolute Gasteiger partial charge is 0.429 e. The zero-order valence-electron chi connectivity index (χ0n) is 42.1. The molecule has 4 aliphatic carbocycles. The summed E-state index contributed by atoms with van der Waals surface area (Å²) in [4.78, 5) is 12.5. The molecule has 4 aliphatic rings. The molecule has 19 heteroatoms. The molecule has 5 unspecified atom stereocenters. The fraction of sp³-hybridized carbons (Fsp3) is 0.900. The Labute approximate surface area is 406 Å². The molecule has 0 heterocycles. The highest BCUT2D eigenvalue weighted by Gasteiger charge is 2.70. The van der Waals surface area contributed by atoms with Gasteiger partial charge >= 0.3 is 24.7 Å². The normalized spacial score (nSPS) is 29.6. The summed E-state index contributed by atoms with van der Waals surface area (Å²) in [5.41, 5.74) is -13.7. The third-order valence-electron chi connectivity index (χ3n) is 16.3. The van der Waals surface area contributed by atoms with Crippen LogP contribution in [-0.4, -0.2) is 92.5 Å². The molecule has 0 aliphatic heterocycles. The standard InChI is InChI=1S/C24H38F6O3.C24H36F6O3.CH5P.CH4/c2*1-19(2,32)11-6-12-20(3,13-7-15-22(33,23(25,26)27)24(28,29)30)18-10-9-16-17(31)8-5-14-21(16,18)4;1-2;/h7,15-18,31-33H,5-6,8-14H2,1-4H3;7,15-16,18,32-33H,5-6,8-14H2,1-4H3;2H2,1H3;1H4/b2*15-7-;;/t16?,17-,18+,20?,21-;16?,18-,20?,21+;;/m01../s1/i;;2D;. The summed E-state index contributed by atoms with van der Waals surface area (Å²) in [7, 11) is 0.333. The molecule has 0 spiro atoms. The fourth-order valence-electron chi connectivity index (χ4n) is 12.8. The van der Waals surface area contributed by atoms with Crippen molar-refractivity contribution < 1.29 is 83.0 Å². The first-order valence-corrected chi connectivity index (χ1v) is 24.8. The number of hydrogen-bond acceptors (Lipinski definition) is 6. The zero-order chi connectivity index (χ0) is 53.7. The Bertz CT molecular complexity index is 1680. The molecule has 408 valence electrons. The Balaban J connectivity index is 0.000000654. The minimum atomic E-state index is -5.90. The second kappa shape index (κ2) is 23.4. The van der Waals surface area contributed by atoms with Crippen LogP contribution in [0.1, 0.15) is 178 Å². The van der Waals surface area contributed by atoms with Gasteiger partial charge in [-0.1, -0.05) is 73.2 Å². The van der Waals surface area contributed by atoms with Gasteiger partial charge in [-0.2, -0.15) is 52.7 Å². The second-order valence-corrected chi connectivity index (χ2v) is 22.6. The molecule has 0 saturated heterocycles. The van der Waals surface area contributed by atoms with E-state index in [1.165, 1.54) is 0 Å². The number of alkyl halides is 12. The summed E-state index contributed by atoms with van der Waals surface area (Å²) < 4.78 is 163. The minimum Gasteiger partial charge on any atom is -0.393 e. The van der Waals surface area contributed by atoms with Gasteiger partial charge in [-0.15, -0.1) is 9.18 Å². The number of aliphatic hydroxyl groups excluding tert-OH is 1. The van der Waals surface area contributed by atoms with Gasteiger partial charge in [0.1, 0.15) is 5.78 Å². The summed E-state index contributed by atoms with van der Waals surface area (Å²) in [6.07, 6.45) is -12.8. The van der Waals surface area contributed by atoms with Crippen LogP contribution in [0.3, 0.4) is 0 Å².